The first-order chi connectivity index (χ1) is 8.59. The Kier molecular flexibility index (Phi) is 3.59. The molecule has 0 atom stereocenters. The fourth-order valence-corrected chi connectivity index (χ4v) is 5.44. The van der Waals surface area contributed by atoms with Crippen molar-refractivity contribution >= 4 is 27.3 Å². The number of aliphatic hydroxyl groups is 1. The van der Waals surface area contributed by atoms with E-state index in [0.717, 1.165) is 19.3 Å². The van der Waals surface area contributed by atoms with E-state index in [2.05, 4.69) is 28.1 Å². The molecule has 1 heterocycles. The van der Waals surface area contributed by atoms with Gasteiger partial charge in [-0.15, -0.1) is 11.3 Å². The highest BCUT2D eigenvalue weighted by Gasteiger charge is 2.43. The van der Waals surface area contributed by atoms with Gasteiger partial charge in [-0.3, -0.25) is 0 Å². The Bertz CT molecular complexity index is 410. The second-order valence-corrected chi connectivity index (χ2v) is 8.86. The lowest BCUT2D eigenvalue weighted by molar-refractivity contribution is -0.0316. The molecule has 1 aromatic rings. The molecule has 0 amide bonds. The fourth-order valence-electron chi connectivity index (χ4n) is 3.82. The normalized spacial score (nSPS) is 25.7. The van der Waals surface area contributed by atoms with Crippen LogP contribution >= 0.6 is 27.3 Å². The fraction of sp³-hybridized carbons (Fsp3) is 0.733. The van der Waals surface area contributed by atoms with E-state index in [1.165, 1.54) is 47.2 Å². The maximum atomic E-state index is 10.8. The Balaban J connectivity index is 1.63. The smallest absolute Gasteiger partial charge is 0.0701 e. The van der Waals surface area contributed by atoms with Gasteiger partial charge in [-0.05, 0) is 72.0 Å². The molecule has 1 aromatic heterocycles. The van der Waals surface area contributed by atoms with Crippen LogP contribution in [0.3, 0.4) is 0 Å². The summed E-state index contributed by atoms with van der Waals surface area (Å²) < 4.78 is 1.17. The van der Waals surface area contributed by atoms with Crippen LogP contribution in [0.5, 0.6) is 0 Å². The summed E-state index contributed by atoms with van der Waals surface area (Å²) in [6.07, 6.45) is 11.0. The van der Waals surface area contributed by atoms with Crippen molar-refractivity contribution in [3.05, 3.63) is 20.8 Å². The zero-order valence-corrected chi connectivity index (χ0v) is 13.2. The molecule has 0 saturated heterocycles. The number of thiophene rings is 1. The third-order valence-electron chi connectivity index (χ3n) is 5.04. The first-order valence-corrected chi connectivity index (χ1v) is 8.67. The van der Waals surface area contributed by atoms with Crippen molar-refractivity contribution in [2.24, 2.45) is 5.41 Å². The van der Waals surface area contributed by atoms with E-state index < -0.39 is 5.60 Å². The predicted molar refractivity (Wildman–Crippen MR) is 80.0 cm³/mol. The molecule has 100 valence electrons. The highest BCUT2D eigenvalue weighted by Crippen LogP contribution is 2.51. The van der Waals surface area contributed by atoms with Crippen molar-refractivity contribution in [1.82, 2.24) is 0 Å². The van der Waals surface area contributed by atoms with E-state index in [-0.39, 0.29) is 0 Å². The van der Waals surface area contributed by atoms with Gasteiger partial charge in [-0.2, -0.15) is 0 Å². The Morgan fingerprint density at radius 1 is 1.06 bits per heavy atom. The summed E-state index contributed by atoms with van der Waals surface area (Å²) in [4.78, 5) is 1.31. The van der Waals surface area contributed by atoms with Gasteiger partial charge < -0.3 is 5.11 Å². The average molecular weight is 329 g/mol. The summed E-state index contributed by atoms with van der Waals surface area (Å²) in [5.41, 5.74) is 0.181. The number of hydrogen-bond donors (Lipinski definition) is 1. The van der Waals surface area contributed by atoms with E-state index in [1.807, 2.05) is 0 Å². The van der Waals surface area contributed by atoms with Gasteiger partial charge in [0.05, 0.1) is 9.39 Å². The third-order valence-corrected chi connectivity index (χ3v) is 6.66. The topological polar surface area (TPSA) is 20.2 Å². The zero-order chi connectivity index (χ0) is 12.6. The molecule has 2 aliphatic carbocycles. The molecule has 1 spiro atoms. The Labute approximate surface area is 122 Å². The Morgan fingerprint density at radius 3 is 2.28 bits per heavy atom. The maximum absolute atomic E-state index is 10.8. The summed E-state index contributed by atoms with van der Waals surface area (Å²) in [5.74, 6) is 0. The molecular weight excluding hydrogens is 308 g/mol. The second kappa shape index (κ2) is 4.92. The summed E-state index contributed by atoms with van der Waals surface area (Å²) in [6, 6.07) is 4.23. The van der Waals surface area contributed by atoms with Crippen molar-refractivity contribution in [1.29, 1.82) is 0 Å². The van der Waals surface area contributed by atoms with Crippen LogP contribution in [0.2, 0.25) is 0 Å². The quantitative estimate of drug-likeness (QED) is 0.817. The van der Waals surface area contributed by atoms with Crippen LogP contribution in [0.15, 0.2) is 15.9 Å². The molecule has 0 unspecified atom stereocenters. The average Bonchev–Trinajstić information content (AvgIpc) is 2.94. The summed E-state index contributed by atoms with van der Waals surface area (Å²) >= 11 is 5.26. The van der Waals surface area contributed by atoms with Crippen molar-refractivity contribution in [2.75, 3.05) is 0 Å². The highest BCUT2D eigenvalue weighted by molar-refractivity contribution is 9.11. The van der Waals surface area contributed by atoms with Gasteiger partial charge in [0.2, 0.25) is 0 Å². The number of rotatable bonds is 2. The first-order valence-electron chi connectivity index (χ1n) is 7.06. The van der Waals surface area contributed by atoms with Gasteiger partial charge >= 0.3 is 0 Å². The van der Waals surface area contributed by atoms with Gasteiger partial charge in [-0.1, -0.05) is 12.8 Å². The van der Waals surface area contributed by atoms with E-state index in [0.29, 0.717) is 5.41 Å². The van der Waals surface area contributed by atoms with Crippen molar-refractivity contribution in [2.45, 2.75) is 63.4 Å². The van der Waals surface area contributed by atoms with Gasteiger partial charge in [0.25, 0.3) is 0 Å². The largest absolute Gasteiger partial charge is 0.390 e. The molecule has 2 aliphatic rings. The maximum Gasteiger partial charge on any atom is 0.0701 e. The zero-order valence-electron chi connectivity index (χ0n) is 10.8. The molecule has 3 rings (SSSR count). The van der Waals surface area contributed by atoms with Gasteiger partial charge in [-0.25, -0.2) is 0 Å². The third kappa shape index (κ3) is 2.68. The minimum atomic E-state index is -0.432. The number of halogens is 1. The van der Waals surface area contributed by atoms with Crippen LogP contribution < -0.4 is 0 Å². The van der Waals surface area contributed by atoms with E-state index in [9.17, 15) is 5.11 Å². The van der Waals surface area contributed by atoms with Crippen LogP contribution in [0.4, 0.5) is 0 Å². The van der Waals surface area contributed by atoms with Gasteiger partial charge in [0, 0.05) is 11.3 Å². The number of hydrogen-bond acceptors (Lipinski definition) is 2. The predicted octanol–water partition coefficient (Wildman–Crippen LogP) is 4.92. The van der Waals surface area contributed by atoms with Gasteiger partial charge in [0.15, 0.2) is 0 Å². The second-order valence-electron chi connectivity index (χ2n) is 6.31. The van der Waals surface area contributed by atoms with Crippen LogP contribution in [0.25, 0.3) is 0 Å². The molecule has 0 aromatic carbocycles. The standard InChI is InChI=1S/C15H21BrOS/c16-13-4-3-12(18-13)11-15(17)9-7-14(8-10-15)5-1-2-6-14/h3-4,17H,1-2,5-11H2. The Hall–Kier alpha value is 0.140. The van der Waals surface area contributed by atoms with Gasteiger partial charge in [0.1, 0.15) is 0 Å². The minimum Gasteiger partial charge on any atom is -0.390 e. The molecular formula is C15H21BrOS. The Morgan fingerprint density at radius 2 is 1.72 bits per heavy atom. The monoisotopic (exact) mass is 328 g/mol. The first kappa shape index (κ1) is 13.1. The molecule has 2 fully saturated rings. The molecule has 0 aliphatic heterocycles. The lowest BCUT2D eigenvalue weighted by atomic mass is 9.67. The van der Waals surface area contributed by atoms with Crippen LogP contribution in [-0.2, 0) is 6.42 Å². The molecule has 1 N–H and O–H groups in total. The molecule has 18 heavy (non-hydrogen) atoms. The summed E-state index contributed by atoms with van der Waals surface area (Å²) in [7, 11) is 0. The van der Waals surface area contributed by atoms with E-state index in [1.54, 1.807) is 11.3 Å². The molecule has 0 radical (unpaired) electrons. The van der Waals surface area contributed by atoms with E-state index in [4.69, 9.17) is 0 Å². The van der Waals surface area contributed by atoms with Crippen molar-refractivity contribution < 1.29 is 5.11 Å². The lowest BCUT2D eigenvalue weighted by Gasteiger charge is -2.42. The SMILES string of the molecule is OC1(Cc2ccc(Br)s2)CCC2(CCCC2)CC1. The molecule has 0 bridgehead atoms. The summed E-state index contributed by atoms with van der Waals surface area (Å²) in [5, 5.41) is 10.8. The summed E-state index contributed by atoms with van der Waals surface area (Å²) in [6.45, 7) is 0. The van der Waals surface area contributed by atoms with Crippen LogP contribution in [0.1, 0.15) is 56.2 Å². The molecule has 3 heteroatoms. The van der Waals surface area contributed by atoms with E-state index >= 15 is 0 Å². The minimum absolute atomic E-state index is 0.432. The molecule has 1 nitrogen and oxygen atoms in total. The highest BCUT2D eigenvalue weighted by atomic mass is 79.9. The lowest BCUT2D eigenvalue weighted by Crippen LogP contribution is -2.39. The molecule has 2 saturated carbocycles. The van der Waals surface area contributed by atoms with Crippen LogP contribution in [-0.4, -0.2) is 10.7 Å². The van der Waals surface area contributed by atoms with Crippen LogP contribution in [0, 0.1) is 5.41 Å². The van der Waals surface area contributed by atoms with Crippen molar-refractivity contribution in [3.8, 4) is 0 Å². The van der Waals surface area contributed by atoms with Crippen molar-refractivity contribution in [3.63, 3.8) is 0 Å².